The summed E-state index contributed by atoms with van der Waals surface area (Å²) in [5, 5.41) is 16.8. The van der Waals surface area contributed by atoms with Crippen LogP contribution in [-0.2, 0) is 27.8 Å². The molecule has 2 atom stereocenters. The zero-order chi connectivity index (χ0) is 27.3. The number of amides is 1. The standard InChI is InChI=1S/C27H40FN3O5S/c1-4-14-31(15-5-2)37(34,35)16-13-27(33)30-24(18-22-11-12-26(36-3)23(28)17-22)25(32)20-29-19-21-9-7-6-8-10-21/h6-12,17,24-25,29,32H,4-5,13-16,18-20H2,1-3H3,(H,30,33)/t24-,25-/m0/s1. The van der Waals surface area contributed by atoms with Crippen molar-refractivity contribution in [1.29, 1.82) is 0 Å². The first-order valence-corrected chi connectivity index (χ1v) is 14.3. The molecule has 0 radical (unpaired) electrons. The van der Waals surface area contributed by atoms with Gasteiger partial charge in [-0.2, -0.15) is 0 Å². The summed E-state index contributed by atoms with van der Waals surface area (Å²) in [7, 11) is -2.21. The fourth-order valence-electron chi connectivity index (χ4n) is 4.00. The van der Waals surface area contributed by atoms with Crippen molar-refractivity contribution in [3.63, 3.8) is 0 Å². The predicted octanol–water partition coefficient (Wildman–Crippen LogP) is 2.85. The van der Waals surface area contributed by atoms with Gasteiger partial charge in [0.15, 0.2) is 11.6 Å². The van der Waals surface area contributed by atoms with E-state index in [4.69, 9.17) is 4.74 Å². The first kappa shape index (κ1) is 30.7. The Balaban J connectivity index is 2.06. The highest BCUT2D eigenvalue weighted by molar-refractivity contribution is 7.89. The van der Waals surface area contributed by atoms with Gasteiger partial charge in [-0.1, -0.05) is 50.2 Å². The van der Waals surface area contributed by atoms with E-state index < -0.39 is 33.9 Å². The summed E-state index contributed by atoms with van der Waals surface area (Å²) in [4.78, 5) is 12.8. The van der Waals surface area contributed by atoms with E-state index in [0.29, 0.717) is 38.0 Å². The molecular weight excluding hydrogens is 497 g/mol. The fraction of sp³-hybridized carbons (Fsp3) is 0.519. The smallest absolute Gasteiger partial charge is 0.221 e. The molecular formula is C27H40FN3O5S. The number of rotatable bonds is 17. The highest BCUT2D eigenvalue weighted by Crippen LogP contribution is 2.19. The SMILES string of the molecule is CCCN(CCC)S(=O)(=O)CCC(=O)N[C@@H](Cc1ccc(OC)c(F)c1)[C@@H](O)CNCc1ccccc1. The van der Waals surface area contributed by atoms with E-state index in [2.05, 4.69) is 10.6 Å². The molecule has 3 N–H and O–H groups in total. The average molecular weight is 538 g/mol. The molecule has 0 spiro atoms. The minimum Gasteiger partial charge on any atom is -0.494 e. The van der Waals surface area contributed by atoms with Gasteiger partial charge < -0.3 is 20.5 Å². The van der Waals surface area contributed by atoms with Crippen molar-refractivity contribution >= 4 is 15.9 Å². The van der Waals surface area contributed by atoms with Crippen LogP contribution in [0.2, 0.25) is 0 Å². The molecule has 0 bridgehead atoms. The van der Waals surface area contributed by atoms with Gasteiger partial charge in [-0.25, -0.2) is 17.1 Å². The van der Waals surface area contributed by atoms with Gasteiger partial charge in [0.05, 0.1) is 25.0 Å². The molecule has 8 nitrogen and oxygen atoms in total. The molecule has 1 amide bonds. The van der Waals surface area contributed by atoms with Crippen LogP contribution in [0.15, 0.2) is 48.5 Å². The summed E-state index contributed by atoms with van der Waals surface area (Å²) < 4.78 is 46.1. The number of methoxy groups -OCH3 is 1. The van der Waals surface area contributed by atoms with Crippen LogP contribution in [-0.4, -0.2) is 68.4 Å². The minimum atomic E-state index is -3.58. The summed E-state index contributed by atoms with van der Waals surface area (Å²) in [6, 6.07) is 13.4. The molecule has 0 fully saturated rings. The van der Waals surface area contributed by atoms with Gasteiger partial charge in [0, 0.05) is 32.6 Å². The molecule has 2 rings (SSSR count). The number of hydrogen-bond donors (Lipinski definition) is 3. The number of halogens is 1. The second kappa shape index (κ2) is 15.7. The number of aliphatic hydroxyl groups excluding tert-OH is 1. The van der Waals surface area contributed by atoms with E-state index in [9.17, 15) is 22.7 Å². The van der Waals surface area contributed by atoms with Gasteiger partial charge in [0.2, 0.25) is 15.9 Å². The largest absolute Gasteiger partial charge is 0.494 e. The van der Waals surface area contributed by atoms with Gasteiger partial charge in [-0.05, 0) is 42.5 Å². The molecule has 206 valence electrons. The Morgan fingerprint density at radius 1 is 1.08 bits per heavy atom. The first-order chi connectivity index (χ1) is 17.7. The van der Waals surface area contributed by atoms with Crippen molar-refractivity contribution in [2.75, 3.05) is 32.5 Å². The van der Waals surface area contributed by atoms with Crippen LogP contribution >= 0.6 is 0 Å². The van der Waals surface area contributed by atoms with E-state index in [1.54, 1.807) is 6.07 Å². The predicted molar refractivity (Wildman–Crippen MR) is 143 cm³/mol. The van der Waals surface area contributed by atoms with Crippen molar-refractivity contribution in [2.45, 2.75) is 58.2 Å². The number of ether oxygens (including phenoxy) is 1. The summed E-state index contributed by atoms with van der Waals surface area (Å²) in [6.45, 7) is 5.34. The normalized spacial score (nSPS) is 13.4. The molecule has 0 saturated carbocycles. The quantitative estimate of drug-likeness (QED) is 0.287. The van der Waals surface area contributed by atoms with Crippen LogP contribution in [0.25, 0.3) is 0 Å². The lowest BCUT2D eigenvalue weighted by Crippen LogP contribution is -2.49. The molecule has 0 saturated heterocycles. The van der Waals surface area contributed by atoms with Crippen LogP contribution in [0.3, 0.4) is 0 Å². The maximum atomic E-state index is 14.2. The monoisotopic (exact) mass is 537 g/mol. The fourth-order valence-corrected chi connectivity index (χ4v) is 5.62. The van der Waals surface area contributed by atoms with Crippen LogP contribution < -0.4 is 15.4 Å². The Kier molecular flexibility index (Phi) is 13.0. The van der Waals surface area contributed by atoms with Crippen LogP contribution in [0, 0.1) is 5.82 Å². The number of hydrogen-bond acceptors (Lipinski definition) is 6. The summed E-state index contributed by atoms with van der Waals surface area (Å²) >= 11 is 0. The van der Waals surface area contributed by atoms with Crippen LogP contribution in [0.5, 0.6) is 5.75 Å². The Labute approximate surface area is 220 Å². The maximum absolute atomic E-state index is 14.2. The van der Waals surface area contributed by atoms with Crippen LogP contribution in [0.1, 0.15) is 44.2 Å². The van der Waals surface area contributed by atoms with Crippen LogP contribution in [0.4, 0.5) is 4.39 Å². The zero-order valence-electron chi connectivity index (χ0n) is 22.0. The molecule has 0 aliphatic rings. The molecule has 0 aliphatic heterocycles. The molecule has 2 aromatic carbocycles. The Morgan fingerprint density at radius 3 is 2.35 bits per heavy atom. The van der Waals surface area contributed by atoms with Gasteiger partial charge in [0.1, 0.15) is 0 Å². The average Bonchev–Trinajstić information content (AvgIpc) is 2.88. The molecule has 10 heteroatoms. The third-order valence-corrected chi connectivity index (χ3v) is 7.81. The van der Waals surface area contributed by atoms with E-state index in [-0.39, 0.29) is 30.9 Å². The van der Waals surface area contributed by atoms with Crippen molar-refractivity contribution in [1.82, 2.24) is 14.9 Å². The molecule has 2 aromatic rings. The summed E-state index contributed by atoms with van der Waals surface area (Å²) in [6.07, 6.45) is 0.309. The zero-order valence-corrected chi connectivity index (χ0v) is 22.8. The maximum Gasteiger partial charge on any atom is 0.221 e. The molecule has 0 aliphatic carbocycles. The van der Waals surface area contributed by atoms with E-state index in [1.807, 2.05) is 44.2 Å². The summed E-state index contributed by atoms with van der Waals surface area (Å²) in [5.41, 5.74) is 1.61. The second-order valence-electron chi connectivity index (χ2n) is 9.00. The Morgan fingerprint density at radius 2 is 1.76 bits per heavy atom. The first-order valence-electron chi connectivity index (χ1n) is 12.7. The third kappa shape index (κ3) is 10.4. The topological polar surface area (TPSA) is 108 Å². The van der Waals surface area contributed by atoms with Gasteiger partial charge >= 0.3 is 0 Å². The van der Waals surface area contributed by atoms with Gasteiger partial charge in [-0.15, -0.1) is 0 Å². The lowest BCUT2D eigenvalue weighted by Gasteiger charge is -2.25. The van der Waals surface area contributed by atoms with Crippen molar-refractivity contribution in [3.05, 3.63) is 65.5 Å². The number of sulfonamides is 1. The minimum absolute atomic E-state index is 0.100. The van der Waals surface area contributed by atoms with Crippen molar-refractivity contribution in [2.24, 2.45) is 0 Å². The number of carbonyl (C=O) groups excluding carboxylic acids is 1. The van der Waals surface area contributed by atoms with E-state index in [1.165, 1.54) is 23.5 Å². The number of carbonyl (C=O) groups is 1. The van der Waals surface area contributed by atoms with Gasteiger partial charge in [0.25, 0.3) is 0 Å². The third-order valence-electron chi connectivity index (χ3n) is 5.93. The lowest BCUT2D eigenvalue weighted by atomic mass is 10.0. The van der Waals surface area contributed by atoms with E-state index >= 15 is 0 Å². The van der Waals surface area contributed by atoms with Gasteiger partial charge in [-0.3, -0.25) is 4.79 Å². The Hall–Kier alpha value is -2.53. The van der Waals surface area contributed by atoms with Crippen molar-refractivity contribution < 1.29 is 27.4 Å². The molecule has 0 aromatic heterocycles. The Bertz CT molecular complexity index is 1060. The molecule has 0 heterocycles. The summed E-state index contributed by atoms with van der Waals surface area (Å²) in [5.74, 6) is -1.24. The lowest BCUT2D eigenvalue weighted by molar-refractivity contribution is -0.122. The number of nitrogens with one attached hydrogen (secondary N) is 2. The molecule has 0 unspecified atom stereocenters. The second-order valence-corrected chi connectivity index (χ2v) is 11.1. The van der Waals surface area contributed by atoms with E-state index in [0.717, 1.165) is 5.56 Å². The highest BCUT2D eigenvalue weighted by atomic mass is 32.2. The number of aliphatic hydroxyl groups is 1. The van der Waals surface area contributed by atoms with Crippen molar-refractivity contribution in [3.8, 4) is 5.75 Å². The number of benzene rings is 2. The highest BCUT2D eigenvalue weighted by Gasteiger charge is 2.25. The molecule has 37 heavy (non-hydrogen) atoms. The number of nitrogens with zero attached hydrogens (tertiary/aromatic N) is 1.